The van der Waals surface area contributed by atoms with Gasteiger partial charge in [0.05, 0.1) is 4.90 Å². The second kappa shape index (κ2) is 5.22. The van der Waals surface area contributed by atoms with E-state index in [4.69, 9.17) is 4.42 Å². The molecule has 0 atom stereocenters. The molecule has 21 heavy (non-hydrogen) atoms. The lowest BCUT2D eigenvalue weighted by Gasteiger charge is -2.01. The van der Waals surface area contributed by atoms with E-state index in [1.165, 1.54) is 0 Å². The number of hydrogen-bond acceptors (Lipinski definition) is 3. The average Bonchev–Trinajstić information content (AvgIpc) is 2.92. The molecule has 1 heterocycles. The molecule has 3 nitrogen and oxygen atoms in total. The van der Waals surface area contributed by atoms with Crippen molar-refractivity contribution in [2.75, 3.05) is 0 Å². The molecule has 0 amide bonds. The molecule has 0 radical (unpaired) electrons. The summed E-state index contributed by atoms with van der Waals surface area (Å²) in [5.74, 6) is 0.959. The predicted molar refractivity (Wildman–Crippen MR) is 80.8 cm³/mol. The van der Waals surface area contributed by atoms with Gasteiger partial charge in [-0.3, -0.25) is 0 Å². The normalized spacial score (nSPS) is 11.5. The van der Waals surface area contributed by atoms with Gasteiger partial charge < -0.3 is 4.42 Å². The van der Waals surface area contributed by atoms with Crippen LogP contribution in [-0.4, -0.2) is 8.42 Å². The quantitative estimate of drug-likeness (QED) is 0.731. The summed E-state index contributed by atoms with van der Waals surface area (Å²) in [6, 6.07) is 19.4. The molecule has 0 aliphatic heterocycles. The highest BCUT2D eigenvalue weighted by Gasteiger charge is 2.23. The van der Waals surface area contributed by atoms with Crippen molar-refractivity contribution in [2.24, 2.45) is 0 Å². The van der Waals surface area contributed by atoms with Crippen LogP contribution in [0.2, 0.25) is 0 Å². The molecule has 0 aliphatic carbocycles. The third kappa shape index (κ3) is 2.50. The Labute approximate surface area is 123 Å². The Kier molecular flexibility index (Phi) is 3.39. The highest BCUT2D eigenvalue weighted by Crippen LogP contribution is 2.31. The van der Waals surface area contributed by atoms with Crippen molar-refractivity contribution < 1.29 is 12.8 Å². The summed E-state index contributed by atoms with van der Waals surface area (Å²) in [6.07, 6.45) is 0. The van der Waals surface area contributed by atoms with E-state index in [2.05, 4.69) is 0 Å². The molecule has 0 saturated carbocycles. The molecule has 3 rings (SSSR count). The standard InChI is InChI=1S/C17H14O3S/c1-13-17(21(18,19)15-10-6-3-7-11-15)12-16(20-13)14-8-4-2-5-9-14/h2-12H,1H3. The van der Waals surface area contributed by atoms with E-state index in [-0.39, 0.29) is 9.79 Å². The number of furan rings is 1. The number of aryl methyl sites for hydroxylation is 1. The van der Waals surface area contributed by atoms with Gasteiger partial charge in [0.15, 0.2) is 0 Å². The molecule has 0 bridgehead atoms. The molecule has 4 heteroatoms. The lowest BCUT2D eigenvalue weighted by atomic mass is 10.2. The van der Waals surface area contributed by atoms with Gasteiger partial charge in [0.25, 0.3) is 0 Å². The molecule has 0 unspecified atom stereocenters. The fourth-order valence-corrected chi connectivity index (χ4v) is 3.66. The molecule has 1 aromatic heterocycles. The Bertz CT molecular complexity index is 848. The van der Waals surface area contributed by atoms with Crippen LogP contribution in [0.4, 0.5) is 0 Å². The van der Waals surface area contributed by atoms with E-state index >= 15 is 0 Å². The second-order valence-electron chi connectivity index (χ2n) is 4.71. The summed E-state index contributed by atoms with van der Waals surface area (Å²) in [5.41, 5.74) is 0.857. The third-order valence-corrected chi connectivity index (χ3v) is 5.15. The molecule has 2 aromatic carbocycles. The molecule has 0 N–H and O–H groups in total. The Morgan fingerprint density at radius 1 is 0.857 bits per heavy atom. The van der Waals surface area contributed by atoms with Gasteiger partial charge in [0.1, 0.15) is 16.4 Å². The molecule has 106 valence electrons. The van der Waals surface area contributed by atoms with E-state index in [9.17, 15) is 8.42 Å². The Hall–Kier alpha value is -2.33. The number of sulfone groups is 1. The Balaban J connectivity index is 2.11. The first kappa shape index (κ1) is 13.6. The number of benzene rings is 2. The van der Waals surface area contributed by atoms with Crippen molar-refractivity contribution in [3.8, 4) is 11.3 Å². The molecule has 0 spiro atoms. The highest BCUT2D eigenvalue weighted by atomic mass is 32.2. The summed E-state index contributed by atoms with van der Waals surface area (Å²) in [4.78, 5) is 0.487. The van der Waals surface area contributed by atoms with Crippen LogP contribution >= 0.6 is 0 Å². The van der Waals surface area contributed by atoms with Crippen LogP contribution in [0.15, 0.2) is 80.9 Å². The zero-order valence-electron chi connectivity index (χ0n) is 11.5. The first-order valence-corrected chi connectivity index (χ1v) is 8.03. The van der Waals surface area contributed by atoms with Gasteiger partial charge in [-0.2, -0.15) is 0 Å². The zero-order valence-corrected chi connectivity index (χ0v) is 12.3. The van der Waals surface area contributed by atoms with Crippen LogP contribution < -0.4 is 0 Å². The predicted octanol–water partition coefficient (Wildman–Crippen LogP) is 4.09. The van der Waals surface area contributed by atoms with Crippen LogP contribution in [0.1, 0.15) is 5.76 Å². The smallest absolute Gasteiger partial charge is 0.210 e. The number of rotatable bonds is 3. The van der Waals surface area contributed by atoms with Crippen LogP contribution in [0.3, 0.4) is 0 Å². The summed E-state index contributed by atoms with van der Waals surface area (Å²) in [7, 11) is -3.55. The molecule has 3 aromatic rings. The largest absolute Gasteiger partial charge is 0.460 e. The summed E-state index contributed by atoms with van der Waals surface area (Å²) in [6.45, 7) is 1.67. The Morgan fingerprint density at radius 3 is 2.05 bits per heavy atom. The lowest BCUT2D eigenvalue weighted by Crippen LogP contribution is -2.01. The van der Waals surface area contributed by atoms with Crippen molar-refractivity contribution in [2.45, 2.75) is 16.7 Å². The van der Waals surface area contributed by atoms with E-state index in [0.717, 1.165) is 5.56 Å². The van der Waals surface area contributed by atoms with Crippen LogP contribution in [-0.2, 0) is 9.84 Å². The second-order valence-corrected chi connectivity index (χ2v) is 6.63. The fourth-order valence-electron chi connectivity index (χ4n) is 2.20. The monoisotopic (exact) mass is 298 g/mol. The van der Waals surface area contributed by atoms with Crippen molar-refractivity contribution >= 4 is 9.84 Å². The fraction of sp³-hybridized carbons (Fsp3) is 0.0588. The lowest BCUT2D eigenvalue weighted by molar-refractivity contribution is 0.535. The topological polar surface area (TPSA) is 47.3 Å². The van der Waals surface area contributed by atoms with Crippen LogP contribution in [0.5, 0.6) is 0 Å². The SMILES string of the molecule is Cc1oc(-c2ccccc2)cc1S(=O)(=O)c1ccccc1. The zero-order chi connectivity index (χ0) is 14.9. The van der Waals surface area contributed by atoms with E-state index in [1.807, 2.05) is 30.3 Å². The van der Waals surface area contributed by atoms with Crippen molar-refractivity contribution in [1.29, 1.82) is 0 Å². The van der Waals surface area contributed by atoms with Crippen molar-refractivity contribution in [3.05, 3.63) is 72.5 Å². The van der Waals surface area contributed by atoms with E-state index < -0.39 is 9.84 Å². The first-order chi connectivity index (χ1) is 10.1. The van der Waals surface area contributed by atoms with E-state index in [0.29, 0.717) is 11.5 Å². The molecule has 0 saturated heterocycles. The molecule has 0 fully saturated rings. The van der Waals surface area contributed by atoms with Gasteiger partial charge in [-0.15, -0.1) is 0 Å². The van der Waals surface area contributed by atoms with Gasteiger partial charge in [0.2, 0.25) is 9.84 Å². The minimum absolute atomic E-state index is 0.215. The van der Waals surface area contributed by atoms with Crippen LogP contribution in [0.25, 0.3) is 11.3 Å². The summed E-state index contributed by atoms with van der Waals surface area (Å²) < 4.78 is 30.9. The minimum atomic E-state index is -3.55. The first-order valence-electron chi connectivity index (χ1n) is 6.55. The van der Waals surface area contributed by atoms with Crippen molar-refractivity contribution in [1.82, 2.24) is 0 Å². The maximum Gasteiger partial charge on any atom is 0.210 e. The molecular weight excluding hydrogens is 284 g/mol. The van der Waals surface area contributed by atoms with E-state index in [1.54, 1.807) is 43.3 Å². The summed E-state index contributed by atoms with van der Waals surface area (Å²) in [5, 5.41) is 0. The van der Waals surface area contributed by atoms with Gasteiger partial charge in [0, 0.05) is 11.6 Å². The van der Waals surface area contributed by atoms with Crippen LogP contribution in [0, 0.1) is 6.92 Å². The molecule has 0 aliphatic rings. The van der Waals surface area contributed by atoms with Gasteiger partial charge in [-0.1, -0.05) is 48.5 Å². The Morgan fingerprint density at radius 2 is 1.43 bits per heavy atom. The van der Waals surface area contributed by atoms with Gasteiger partial charge >= 0.3 is 0 Å². The summed E-state index contributed by atoms with van der Waals surface area (Å²) >= 11 is 0. The third-order valence-electron chi connectivity index (χ3n) is 3.27. The number of hydrogen-bond donors (Lipinski definition) is 0. The van der Waals surface area contributed by atoms with Gasteiger partial charge in [-0.05, 0) is 19.1 Å². The average molecular weight is 298 g/mol. The molecular formula is C17H14O3S. The minimum Gasteiger partial charge on any atom is -0.460 e. The highest BCUT2D eigenvalue weighted by molar-refractivity contribution is 7.91. The van der Waals surface area contributed by atoms with Gasteiger partial charge in [-0.25, -0.2) is 8.42 Å². The maximum absolute atomic E-state index is 12.6. The van der Waals surface area contributed by atoms with Crippen molar-refractivity contribution in [3.63, 3.8) is 0 Å². The maximum atomic E-state index is 12.6.